The summed E-state index contributed by atoms with van der Waals surface area (Å²) in [6, 6.07) is 24.8. The molecule has 0 saturated heterocycles. The molecule has 3 aromatic rings. The van der Waals surface area contributed by atoms with Gasteiger partial charge in [0.25, 0.3) is 0 Å². The Morgan fingerprint density at radius 3 is 2.13 bits per heavy atom. The summed E-state index contributed by atoms with van der Waals surface area (Å²) in [4.78, 5) is 2.13. The molecule has 2 atom stereocenters. The summed E-state index contributed by atoms with van der Waals surface area (Å²) >= 11 is 0. The summed E-state index contributed by atoms with van der Waals surface area (Å²) in [6.07, 6.45) is -0.514. The molecule has 0 amide bonds. The predicted molar refractivity (Wildman–Crippen MR) is 96.6 cm³/mol. The second kappa shape index (κ2) is 6.95. The van der Waals surface area contributed by atoms with Crippen molar-refractivity contribution in [2.75, 3.05) is 20.6 Å². The highest BCUT2D eigenvalue weighted by Gasteiger charge is 2.23. The second-order valence-corrected chi connectivity index (χ2v) is 6.33. The molecule has 1 N–H and O–H groups in total. The Morgan fingerprint density at radius 1 is 0.783 bits per heavy atom. The molecule has 0 fully saturated rings. The number of hydrogen-bond donors (Lipinski definition) is 1. The van der Waals surface area contributed by atoms with E-state index >= 15 is 0 Å². The van der Waals surface area contributed by atoms with Crippen molar-refractivity contribution in [3.05, 3.63) is 83.9 Å². The van der Waals surface area contributed by atoms with Crippen LogP contribution in [0.5, 0.6) is 0 Å². The topological polar surface area (TPSA) is 23.5 Å². The van der Waals surface area contributed by atoms with Gasteiger partial charge < -0.3 is 10.0 Å². The first-order chi connectivity index (χ1) is 11.1. The first-order valence-corrected chi connectivity index (χ1v) is 8.01. The van der Waals surface area contributed by atoms with Gasteiger partial charge in [-0.3, -0.25) is 0 Å². The number of likely N-dealkylation sites (N-methyl/N-ethyl adjacent to an activating group) is 1. The molecule has 0 aliphatic rings. The first-order valence-electron chi connectivity index (χ1n) is 8.01. The molecular formula is C21H23NO. The number of hydrogen-bond acceptors (Lipinski definition) is 2. The fourth-order valence-electron chi connectivity index (χ4n) is 3.10. The lowest BCUT2D eigenvalue weighted by Gasteiger charge is -2.27. The van der Waals surface area contributed by atoms with Gasteiger partial charge in [0, 0.05) is 12.5 Å². The highest BCUT2D eigenvalue weighted by atomic mass is 16.3. The predicted octanol–water partition coefficient (Wildman–Crippen LogP) is 4.22. The van der Waals surface area contributed by atoms with Crippen LogP contribution in [0.3, 0.4) is 0 Å². The fourth-order valence-corrected chi connectivity index (χ4v) is 3.10. The maximum absolute atomic E-state index is 10.9. The van der Waals surface area contributed by atoms with Crippen LogP contribution in [-0.4, -0.2) is 30.6 Å². The van der Waals surface area contributed by atoms with Crippen molar-refractivity contribution in [3.63, 3.8) is 0 Å². The van der Waals surface area contributed by atoms with Crippen LogP contribution < -0.4 is 0 Å². The largest absolute Gasteiger partial charge is 0.388 e. The second-order valence-electron chi connectivity index (χ2n) is 6.33. The van der Waals surface area contributed by atoms with Gasteiger partial charge in [-0.05, 0) is 36.0 Å². The lowest BCUT2D eigenvalue weighted by atomic mass is 9.87. The monoisotopic (exact) mass is 305 g/mol. The zero-order chi connectivity index (χ0) is 16.2. The van der Waals surface area contributed by atoms with Crippen molar-refractivity contribution >= 4 is 10.8 Å². The van der Waals surface area contributed by atoms with Crippen molar-refractivity contribution in [2.24, 2.45) is 0 Å². The van der Waals surface area contributed by atoms with E-state index < -0.39 is 6.10 Å². The molecule has 0 spiro atoms. The maximum Gasteiger partial charge on any atom is 0.0870 e. The van der Waals surface area contributed by atoms with Crippen LogP contribution in [-0.2, 0) is 0 Å². The zero-order valence-corrected chi connectivity index (χ0v) is 13.7. The van der Waals surface area contributed by atoms with Gasteiger partial charge in [-0.2, -0.15) is 0 Å². The van der Waals surface area contributed by atoms with Crippen molar-refractivity contribution in [1.29, 1.82) is 0 Å². The molecule has 0 aliphatic heterocycles. The van der Waals surface area contributed by atoms with Gasteiger partial charge in [-0.1, -0.05) is 72.8 Å². The SMILES string of the molecule is CN(C)C[C@H](c1ccc2ccccc2c1)[C@H](O)c1ccccc1. The Labute approximate surface area is 138 Å². The van der Waals surface area contributed by atoms with Gasteiger partial charge in [-0.15, -0.1) is 0 Å². The fraction of sp³-hybridized carbons (Fsp3) is 0.238. The summed E-state index contributed by atoms with van der Waals surface area (Å²) in [5.74, 6) is 0.0389. The highest BCUT2D eigenvalue weighted by Crippen LogP contribution is 2.33. The van der Waals surface area contributed by atoms with Crippen LogP contribution in [0.25, 0.3) is 10.8 Å². The molecule has 23 heavy (non-hydrogen) atoms. The standard InChI is InChI=1S/C21H23NO/c1-22(2)15-20(21(23)17-9-4-3-5-10-17)19-13-12-16-8-6-7-11-18(16)14-19/h3-14,20-21,23H,15H2,1-2H3/t20-,21-/m1/s1. The quantitative estimate of drug-likeness (QED) is 0.763. The third-order valence-corrected chi connectivity index (χ3v) is 4.29. The minimum Gasteiger partial charge on any atom is -0.388 e. The molecule has 0 radical (unpaired) electrons. The summed E-state index contributed by atoms with van der Waals surface area (Å²) in [7, 11) is 4.09. The van der Waals surface area contributed by atoms with Crippen LogP contribution in [0.2, 0.25) is 0 Å². The van der Waals surface area contributed by atoms with E-state index in [1.165, 1.54) is 16.3 Å². The summed E-state index contributed by atoms with van der Waals surface area (Å²) in [5, 5.41) is 13.4. The minimum absolute atomic E-state index is 0.0389. The zero-order valence-electron chi connectivity index (χ0n) is 13.7. The molecule has 0 saturated carbocycles. The van der Waals surface area contributed by atoms with E-state index in [4.69, 9.17) is 0 Å². The average molecular weight is 305 g/mol. The Hall–Kier alpha value is -2.16. The molecule has 0 aliphatic carbocycles. The summed E-state index contributed by atoms with van der Waals surface area (Å²) < 4.78 is 0. The molecule has 0 bridgehead atoms. The van der Waals surface area contributed by atoms with Gasteiger partial charge >= 0.3 is 0 Å². The van der Waals surface area contributed by atoms with Crippen LogP contribution >= 0.6 is 0 Å². The number of fused-ring (bicyclic) bond motifs is 1. The van der Waals surface area contributed by atoms with Gasteiger partial charge in [-0.25, -0.2) is 0 Å². The number of aliphatic hydroxyl groups is 1. The van der Waals surface area contributed by atoms with Crippen LogP contribution in [0, 0.1) is 0 Å². The van der Waals surface area contributed by atoms with Crippen LogP contribution in [0.4, 0.5) is 0 Å². The van der Waals surface area contributed by atoms with E-state index in [1.54, 1.807) is 0 Å². The van der Waals surface area contributed by atoms with Gasteiger partial charge in [0.1, 0.15) is 0 Å². The van der Waals surface area contributed by atoms with Crippen molar-refractivity contribution < 1.29 is 5.11 Å². The molecule has 118 valence electrons. The van der Waals surface area contributed by atoms with Gasteiger partial charge in [0.15, 0.2) is 0 Å². The van der Waals surface area contributed by atoms with E-state index in [0.29, 0.717) is 0 Å². The third kappa shape index (κ3) is 3.61. The highest BCUT2D eigenvalue weighted by molar-refractivity contribution is 5.83. The minimum atomic E-state index is -0.514. The Kier molecular flexibility index (Phi) is 4.75. The summed E-state index contributed by atoms with van der Waals surface area (Å²) in [6.45, 7) is 0.800. The van der Waals surface area contributed by atoms with Crippen molar-refractivity contribution in [3.8, 4) is 0 Å². The molecular weight excluding hydrogens is 282 g/mol. The maximum atomic E-state index is 10.9. The lowest BCUT2D eigenvalue weighted by Crippen LogP contribution is -2.25. The average Bonchev–Trinajstić information content (AvgIpc) is 2.59. The molecule has 3 aromatic carbocycles. The Morgan fingerprint density at radius 2 is 1.43 bits per heavy atom. The van der Waals surface area contributed by atoms with E-state index in [1.807, 2.05) is 44.4 Å². The Bertz CT molecular complexity index is 767. The van der Waals surface area contributed by atoms with Crippen molar-refractivity contribution in [1.82, 2.24) is 4.90 Å². The van der Waals surface area contributed by atoms with E-state index in [0.717, 1.165) is 12.1 Å². The van der Waals surface area contributed by atoms with Gasteiger partial charge in [0.05, 0.1) is 6.10 Å². The third-order valence-electron chi connectivity index (χ3n) is 4.29. The normalized spacial score (nSPS) is 14.1. The van der Waals surface area contributed by atoms with Crippen LogP contribution in [0.1, 0.15) is 23.1 Å². The molecule has 0 aromatic heterocycles. The number of nitrogens with zero attached hydrogens (tertiary/aromatic N) is 1. The first kappa shape index (κ1) is 15.7. The Balaban J connectivity index is 2.00. The summed E-state index contributed by atoms with van der Waals surface area (Å²) in [5.41, 5.74) is 2.14. The van der Waals surface area contributed by atoms with Crippen molar-refractivity contribution in [2.45, 2.75) is 12.0 Å². The number of benzene rings is 3. The lowest BCUT2D eigenvalue weighted by molar-refractivity contribution is 0.129. The molecule has 0 unspecified atom stereocenters. The van der Waals surface area contributed by atoms with Crippen LogP contribution in [0.15, 0.2) is 72.8 Å². The van der Waals surface area contributed by atoms with E-state index in [9.17, 15) is 5.11 Å². The van der Waals surface area contributed by atoms with E-state index in [2.05, 4.69) is 47.4 Å². The molecule has 2 nitrogen and oxygen atoms in total. The smallest absolute Gasteiger partial charge is 0.0870 e. The molecule has 2 heteroatoms. The molecule has 0 heterocycles. The number of rotatable bonds is 5. The van der Waals surface area contributed by atoms with E-state index in [-0.39, 0.29) is 5.92 Å². The number of aliphatic hydroxyl groups excluding tert-OH is 1. The van der Waals surface area contributed by atoms with Gasteiger partial charge in [0.2, 0.25) is 0 Å². The molecule has 3 rings (SSSR count).